The molecular formula is C21H18FN3O2S. The number of halogens is 1. The Morgan fingerprint density at radius 1 is 1.25 bits per heavy atom. The van der Waals surface area contributed by atoms with E-state index in [4.69, 9.17) is 0 Å². The van der Waals surface area contributed by atoms with Gasteiger partial charge in [0, 0.05) is 29.6 Å². The topological polar surface area (TPSA) is 62.3 Å². The molecule has 3 aromatic rings. The maximum atomic E-state index is 13.5. The highest BCUT2D eigenvalue weighted by Crippen LogP contribution is 2.31. The molecule has 4 rings (SSSR count). The van der Waals surface area contributed by atoms with Gasteiger partial charge in [-0.25, -0.2) is 9.37 Å². The fourth-order valence-corrected chi connectivity index (χ4v) is 3.93. The number of anilines is 2. The Labute approximate surface area is 165 Å². The third-order valence-electron chi connectivity index (χ3n) is 4.70. The molecule has 2 aromatic carbocycles. The summed E-state index contributed by atoms with van der Waals surface area (Å²) in [6.07, 6.45) is 0.0975. The van der Waals surface area contributed by atoms with E-state index in [0.29, 0.717) is 11.4 Å². The molecule has 1 aliphatic rings. The maximum Gasteiger partial charge on any atom is 0.229 e. The van der Waals surface area contributed by atoms with E-state index < -0.39 is 11.7 Å². The van der Waals surface area contributed by atoms with Gasteiger partial charge < -0.3 is 10.2 Å². The summed E-state index contributed by atoms with van der Waals surface area (Å²) in [5, 5.41) is 5.83. The van der Waals surface area contributed by atoms with Crippen LogP contribution in [0.2, 0.25) is 0 Å². The molecule has 1 saturated heterocycles. The number of aryl methyl sites for hydroxylation is 1. The van der Waals surface area contributed by atoms with Crippen LogP contribution in [0.15, 0.2) is 53.9 Å². The summed E-state index contributed by atoms with van der Waals surface area (Å²) in [5.74, 6) is -1.33. The standard InChI is InChI=1S/C21H18FN3O2S/c1-13-23-19(12-28-13)17-7-2-3-8-18(17)24-21(27)14-9-20(26)25(11-14)16-6-4-5-15(22)10-16/h2-8,10,12,14H,9,11H2,1H3,(H,24,27)/t14-/m1/s1. The molecule has 0 bridgehead atoms. The van der Waals surface area contributed by atoms with Gasteiger partial charge in [0.2, 0.25) is 11.8 Å². The zero-order chi connectivity index (χ0) is 19.7. The van der Waals surface area contributed by atoms with E-state index in [2.05, 4.69) is 10.3 Å². The first-order chi connectivity index (χ1) is 13.5. The zero-order valence-corrected chi connectivity index (χ0v) is 16.0. The number of nitrogens with zero attached hydrogens (tertiary/aromatic N) is 2. The van der Waals surface area contributed by atoms with Crippen LogP contribution in [0.3, 0.4) is 0 Å². The molecule has 7 heteroatoms. The fourth-order valence-electron chi connectivity index (χ4n) is 3.31. The molecule has 0 unspecified atom stereocenters. The second-order valence-electron chi connectivity index (χ2n) is 6.67. The Hall–Kier alpha value is -3.06. The van der Waals surface area contributed by atoms with Gasteiger partial charge in [-0.2, -0.15) is 0 Å². The second-order valence-corrected chi connectivity index (χ2v) is 7.73. The van der Waals surface area contributed by atoms with Crippen LogP contribution in [0, 0.1) is 18.7 Å². The number of carbonyl (C=O) groups is 2. The molecule has 0 aliphatic carbocycles. The van der Waals surface area contributed by atoms with E-state index in [1.165, 1.54) is 17.0 Å². The molecule has 1 fully saturated rings. The van der Waals surface area contributed by atoms with Crippen LogP contribution in [-0.4, -0.2) is 23.3 Å². The normalized spacial score (nSPS) is 16.4. The van der Waals surface area contributed by atoms with Gasteiger partial charge in [-0.15, -0.1) is 11.3 Å². The van der Waals surface area contributed by atoms with Crippen molar-refractivity contribution in [2.75, 3.05) is 16.8 Å². The molecule has 0 radical (unpaired) electrons. The minimum atomic E-state index is -0.499. The molecule has 2 heterocycles. The Kier molecular flexibility index (Phi) is 4.92. The summed E-state index contributed by atoms with van der Waals surface area (Å²) in [6, 6.07) is 13.3. The second kappa shape index (κ2) is 7.52. The van der Waals surface area contributed by atoms with Crippen LogP contribution in [0.4, 0.5) is 15.8 Å². The Balaban J connectivity index is 1.52. The number of para-hydroxylation sites is 1. The van der Waals surface area contributed by atoms with Crippen LogP contribution < -0.4 is 10.2 Å². The van der Waals surface area contributed by atoms with E-state index in [-0.39, 0.29) is 24.8 Å². The number of thiazole rings is 1. The number of benzene rings is 2. The van der Waals surface area contributed by atoms with E-state index in [0.717, 1.165) is 16.3 Å². The van der Waals surface area contributed by atoms with E-state index in [1.807, 2.05) is 36.6 Å². The Morgan fingerprint density at radius 2 is 2.07 bits per heavy atom. The molecule has 1 aliphatic heterocycles. The van der Waals surface area contributed by atoms with Gasteiger partial charge in [0.05, 0.1) is 22.3 Å². The van der Waals surface area contributed by atoms with Gasteiger partial charge in [-0.1, -0.05) is 24.3 Å². The molecule has 5 nitrogen and oxygen atoms in total. The van der Waals surface area contributed by atoms with Crippen LogP contribution >= 0.6 is 11.3 Å². The van der Waals surface area contributed by atoms with Crippen LogP contribution in [-0.2, 0) is 9.59 Å². The van der Waals surface area contributed by atoms with E-state index >= 15 is 0 Å². The number of aromatic nitrogens is 1. The van der Waals surface area contributed by atoms with Gasteiger partial charge in [-0.05, 0) is 31.2 Å². The molecule has 142 valence electrons. The molecular weight excluding hydrogens is 377 g/mol. The zero-order valence-electron chi connectivity index (χ0n) is 15.2. The number of hydrogen-bond donors (Lipinski definition) is 1. The first-order valence-corrected chi connectivity index (χ1v) is 9.77. The lowest BCUT2D eigenvalue weighted by molar-refractivity contribution is -0.122. The summed E-state index contributed by atoms with van der Waals surface area (Å²) in [6.45, 7) is 2.16. The van der Waals surface area contributed by atoms with Gasteiger partial charge in [0.15, 0.2) is 0 Å². The smallest absolute Gasteiger partial charge is 0.229 e. The highest BCUT2D eigenvalue weighted by molar-refractivity contribution is 7.09. The monoisotopic (exact) mass is 395 g/mol. The van der Waals surface area contributed by atoms with Gasteiger partial charge >= 0.3 is 0 Å². The lowest BCUT2D eigenvalue weighted by Crippen LogP contribution is -2.28. The number of rotatable bonds is 4. The first kappa shape index (κ1) is 18.3. The predicted molar refractivity (Wildman–Crippen MR) is 108 cm³/mol. The largest absolute Gasteiger partial charge is 0.325 e. The lowest BCUT2D eigenvalue weighted by Gasteiger charge is -2.17. The van der Waals surface area contributed by atoms with Crippen molar-refractivity contribution >= 4 is 34.5 Å². The summed E-state index contributed by atoms with van der Waals surface area (Å²) >= 11 is 1.55. The Morgan fingerprint density at radius 3 is 2.82 bits per heavy atom. The Bertz CT molecular complexity index is 1050. The average Bonchev–Trinajstić information content (AvgIpc) is 3.28. The maximum absolute atomic E-state index is 13.5. The molecule has 28 heavy (non-hydrogen) atoms. The average molecular weight is 395 g/mol. The summed E-state index contributed by atoms with van der Waals surface area (Å²) in [4.78, 5) is 31.1. The van der Waals surface area contributed by atoms with Crippen LogP contribution in [0.25, 0.3) is 11.3 Å². The molecule has 0 saturated carbocycles. The van der Waals surface area contributed by atoms with Crippen LogP contribution in [0.1, 0.15) is 11.4 Å². The third kappa shape index (κ3) is 3.66. The minimum Gasteiger partial charge on any atom is -0.325 e. The van der Waals surface area contributed by atoms with Crippen molar-refractivity contribution in [2.45, 2.75) is 13.3 Å². The number of nitrogens with one attached hydrogen (secondary N) is 1. The summed E-state index contributed by atoms with van der Waals surface area (Å²) < 4.78 is 13.5. The number of amides is 2. The first-order valence-electron chi connectivity index (χ1n) is 8.89. The van der Waals surface area contributed by atoms with Crippen molar-refractivity contribution in [3.8, 4) is 11.3 Å². The summed E-state index contributed by atoms with van der Waals surface area (Å²) in [5.41, 5.74) is 2.78. The van der Waals surface area contributed by atoms with Crippen molar-refractivity contribution in [1.82, 2.24) is 4.98 Å². The van der Waals surface area contributed by atoms with Crippen molar-refractivity contribution in [2.24, 2.45) is 5.92 Å². The highest BCUT2D eigenvalue weighted by Gasteiger charge is 2.35. The predicted octanol–water partition coefficient (Wildman–Crippen LogP) is 4.25. The SMILES string of the molecule is Cc1nc(-c2ccccc2NC(=O)[C@@H]2CC(=O)N(c3cccc(F)c3)C2)cs1. The van der Waals surface area contributed by atoms with Crippen molar-refractivity contribution in [3.63, 3.8) is 0 Å². The van der Waals surface area contributed by atoms with Gasteiger partial charge in [-0.3, -0.25) is 9.59 Å². The number of carbonyl (C=O) groups excluding carboxylic acids is 2. The van der Waals surface area contributed by atoms with E-state index in [9.17, 15) is 14.0 Å². The van der Waals surface area contributed by atoms with Crippen molar-refractivity contribution < 1.29 is 14.0 Å². The quantitative estimate of drug-likeness (QED) is 0.718. The van der Waals surface area contributed by atoms with Crippen LogP contribution in [0.5, 0.6) is 0 Å². The molecule has 1 N–H and O–H groups in total. The molecule has 2 amide bonds. The van der Waals surface area contributed by atoms with Gasteiger partial charge in [0.1, 0.15) is 5.82 Å². The molecule has 1 aromatic heterocycles. The fraction of sp³-hybridized carbons (Fsp3) is 0.190. The highest BCUT2D eigenvalue weighted by atomic mass is 32.1. The molecule has 0 spiro atoms. The number of hydrogen-bond acceptors (Lipinski definition) is 4. The van der Waals surface area contributed by atoms with Crippen molar-refractivity contribution in [3.05, 3.63) is 64.7 Å². The summed E-state index contributed by atoms with van der Waals surface area (Å²) in [7, 11) is 0. The minimum absolute atomic E-state index is 0.0975. The third-order valence-corrected chi connectivity index (χ3v) is 5.47. The van der Waals surface area contributed by atoms with Crippen molar-refractivity contribution in [1.29, 1.82) is 0 Å². The van der Waals surface area contributed by atoms with Gasteiger partial charge in [0.25, 0.3) is 0 Å². The lowest BCUT2D eigenvalue weighted by atomic mass is 10.1. The molecule has 1 atom stereocenters. The van der Waals surface area contributed by atoms with E-state index in [1.54, 1.807) is 23.5 Å².